The fourth-order valence-electron chi connectivity index (χ4n) is 6.00. The van der Waals surface area contributed by atoms with Crippen LogP contribution in [-0.2, 0) is 0 Å². The van der Waals surface area contributed by atoms with Crippen LogP contribution in [0.2, 0.25) is 0 Å². The first kappa shape index (κ1) is 16.4. The second kappa shape index (κ2) is 5.60. The Morgan fingerprint density at radius 2 is 0.867 bits per heavy atom. The topological polar surface area (TPSA) is 48.1 Å². The quantitative estimate of drug-likeness (QED) is 0.282. The Kier molecular flexibility index (Phi) is 3.06. The maximum Gasteiger partial charge on any atom is 0.112 e. The number of nitrogens with one attached hydrogen (secondary N) is 4. The van der Waals surface area contributed by atoms with Gasteiger partial charge in [0.15, 0.2) is 0 Å². The van der Waals surface area contributed by atoms with E-state index in [1.807, 2.05) is 0 Å². The van der Waals surface area contributed by atoms with E-state index in [0.717, 1.165) is 25.7 Å². The Hall–Kier alpha value is -3.40. The first-order valence-corrected chi connectivity index (χ1v) is 10.9. The number of rotatable bonds is 0. The Labute approximate surface area is 175 Å². The molecule has 1 aliphatic carbocycles. The van der Waals surface area contributed by atoms with Crippen molar-refractivity contribution in [3.63, 3.8) is 0 Å². The van der Waals surface area contributed by atoms with Crippen LogP contribution in [0.4, 0.5) is 22.7 Å². The van der Waals surface area contributed by atoms with Crippen molar-refractivity contribution >= 4 is 44.3 Å². The molecule has 4 heteroatoms. The molecule has 0 aromatic heterocycles. The molecule has 3 aliphatic rings. The van der Waals surface area contributed by atoms with Crippen LogP contribution in [0.15, 0.2) is 72.8 Å². The lowest BCUT2D eigenvalue weighted by molar-refractivity contribution is 0.268. The minimum Gasteiger partial charge on any atom is -0.362 e. The molecule has 4 aromatic carbocycles. The van der Waals surface area contributed by atoms with E-state index >= 15 is 0 Å². The summed E-state index contributed by atoms with van der Waals surface area (Å²) in [6.07, 6.45) is 4.26. The molecule has 148 valence electrons. The summed E-state index contributed by atoms with van der Waals surface area (Å²) in [4.78, 5) is 0. The van der Waals surface area contributed by atoms with Crippen molar-refractivity contribution in [3.8, 4) is 0 Å². The largest absolute Gasteiger partial charge is 0.362 e. The van der Waals surface area contributed by atoms with E-state index < -0.39 is 0 Å². The number of hydrogen-bond donors (Lipinski definition) is 4. The number of anilines is 4. The van der Waals surface area contributed by atoms with E-state index in [1.165, 1.54) is 44.3 Å². The van der Waals surface area contributed by atoms with Crippen LogP contribution in [0.3, 0.4) is 0 Å². The fraction of sp³-hybridized carbons (Fsp3) is 0.231. The molecular formula is C26H24N4. The van der Waals surface area contributed by atoms with Gasteiger partial charge in [0.1, 0.15) is 11.3 Å². The summed E-state index contributed by atoms with van der Waals surface area (Å²) in [6, 6.07) is 26.2. The summed E-state index contributed by atoms with van der Waals surface area (Å²) in [7, 11) is 0. The minimum absolute atomic E-state index is 0.179. The van der Waals surface area contributed by atoms with Crippen LogP contribution in [0.1, 0.15) is 25.7 Å². The molecule has 0 atom stereocenters. The molecule has 2 aliphatic heterocycles. The second-order valence-electron chi connectivity index (χ2n) is 9.11. The molecule has 0 unspecified atom stereocenters. The molecule has 1 fully saturated rings. The van der Waals surface area contributed by atoms with E-state index in [0.29, 0.717) is 0 Å². The van der Waals surface area contributed by atoms with Gasteiger partial charge in [-0.3, -0.25) is 0 Å². The van der Waals surface area contributed by atoms with Gasteiger partial charge in [-0.15, -0.1) is 0 Å². The summed E-state index contributed by atoms with van der Waals surface area (Å²) in [5.74, 6) is 0. The van der Waals surface area contributed by atoms with Crippen LogP contribution >= 0.6 is 0 Å². The Balaban J connectivity index is 1.31. The van der Waals surface area contributed by atoms with Gasteiger partial charge in [0, 0.05) is 39.9 Å². The summed E-state index contributed by atoms with van der Waals surface area (Å²) in [5, 5.41) is 20.8. The van der Waals surface area contributed by atoms with Crippen molar-refractivity contribution in [3.05, 3.63) is 72.8 Å². The third-order valence-electron chi connectivity index (χ3n) is 7.12. The first-order valence-electron chi connectivity index (χ1n) is 10.9. The van der Waals surface area contributed by atoms with Crippen LogP contribution < -0.4 is 21.3 Å². The van der Waals surface area contributed by atoms with Gasteiger partial charge >= 0.3 is 0 Å². The van der Waals surface area contributed by atoms with Gasteiger partial charge in [-0.2, -0.15) is 0 Å². The van der Waals surface area contributed by atoms with E-state index in [1.54, 1.807) is 0 Å². The zero-order chi connectivity index (χ0) is 19.8. The van der Waals surface area contributed by atoms with Crippen LogP contribution in [0.25, 0.3) is 21.5 Å². The highest BCUT2D eigenvalue weighted by Gasteiger charge is 2.48. The average Bonchev–Trinajstić information content (AvgIpc) is 2.74. The lowest BCUT2D eigenvalue weighted by Gasteiger charge is -2.53. The van der Waals surface area contributed by atoms with Gasteiger partial charge in [-0.1, -0.05) is 48.5 Å². The van der Waals surface area contributed by atoms with Crippen molar-refractivity contribution in [2.45, 2.75) is 37.0 Å². The van der Waals surface area contributed by atoms with Gasteiger partial charge in [0.25, 0.3) is 0 Å². The highest BCUT2D eigenvalue weighted by atomic mass is 15.3. The van der Waals surface area contributed by atoms with E-state index in [2.05, 4.69) is 94.1 Å². The first-order chi connectivity index (χ1) is 14.7. The van der Waals surface area contributed by atoms with Crippen LogP contribution in [0, 0.1) is 0 Å². The SMILES string of the molecule is c1cc2c3c(cccc3c1)NC1(CCCC3(C1)Nc1cccc4cccc(c14)N3)N2. The molecule has 4 N–H and O–H groups in total. The molecular weight excluding hydrogens is 368 g/mol. The molecule has 0 radical (unpaired) electrons. The zero-order valence-corrected chi connectivity index (χ0v) is 16.8. The van der Waals surface area contributed by atoms with E-state index in [9.17, 15) is 0 Å². The van der Waals surface area contributed by atoms with Crippen molar-refractivity contribution in [2.75, 3.05) is 21.3 Å². The molecule has 7 rings (SSSR count). The smallest absolute Gasteiger partial charge is 0.112 e. The van der Waals surface area contributed by atoms with Crippen molar-refractivity contribution < 1.29 is 0 Å². The molecule has 0 bridgehead atoms. The predicted octanol–water partition coefficient (Wildman–Crippen LogP) is 6.33. The Morgan fingerprint density at radius 1 is 0.500 bits per heavy atom. The highest BCUT2D eigenvalue weighted by Crippen LogP contribution is 2.48. The monoisotopic (exact) mass is 392 g/mol. The summed E-state index contributed by atoms with van der Waals surface area (Å²) in [6.45, 7) is 0. The van der Waals surface area contributed by atoms with Crippen molar-refractivity contribution in [1.29, 1.82) is 0 Å². The summed E-state index contributed by atoms with van der Waals surface area (Å²) in [5.41, 5.74) is 4.58. The van der Waals surface area contributed by atoms with Gasteiger partial charge in [-0.05, 0) is 54.3 Å². The van der Waals surface area contributed by atoms with E-state index in [-0.39, 0.29) is 11.3 Å². The predicted molar refractivity (Wildman–Crippen MR) is 126 cm³/mol. The van der Waals surface area contributed by atoms with E-state index in [4.69, 9.17) is 0 Å². The summed E-state index contributed by atoms with van der Waals surface area (Å²) < 4.78 is 0. The Bertz CT molecular complexity index is 1140. The second-order valence-corrected chi connectivity index (χ2v) is 9.11. The van der Waals surface area contributed by atoms with Gasteiger partial charge in [0.2, 0.25) is 0 Å². The minimum atomic E-state index is -0.179. The Morgan fingerprint density at radius 3 is 1.23 bits per heavy atom. The highest BCUT2D eigenvalue weighted by molar-refractivity contribution is 6.06. The molecule has 30 heavy (non-hydrogen) atoms. The molecule has 2 heterocycles. The normalized spacial score (nSPS) is 19.7. The molecule has 0 saturated heterocycles. The lowest BCUT2D eigenvalue weighted by atomic mass is 9.77. The van der Waals surface area contributed by atoms with Gasteiger partial charge < -0.3 is 21.3 Å². The third-order valence-corrected chi connectivity index (χ3v) is 7.12. The maximum atomic E-state index is 3.91. The van der Waals surface area contributed by atoms with Crippen LogP contribution in [-0.4, -0.2) is 11.3 Å². The van der Waals surface area contributed by atoms with Crippen LogP contribution in [0.5, 0.6) is 0 Å². The number of benzene rings is 4. The molecule has 4 aromatic rings. The average molecular weight is 393 g/mol. The maximum absolute atomic E-state index is 3.91. The third kappa shape index (κ3) is 2.22. The summed E-state index contributed by atoms with van der Waals surface area (Å²) >= 11 is 0. The molecule has 2 spiro atoms. The van der Waals surface area contributed by atoms with Gasteiger partial charge in [0.05, 0.1) is 0 Å². The van der Waals surface area contributed by atoms with Crippen molar-refractivity contribution in [1.82, 2.24) is 0 Å². The molecule has 0 amide bonds. The lowest BCUT2D eigenvalue weighted by Crippen LogP contribution is -2.62. The number of hydrogen-bond acceptors (Lipinski definition) is 4. The zero-order valence-electron chi connectivity index (χ0n) is 16.8. The van der Waals surface area contributed by atoms with Crippen molar-refractivity contribution in [2.24, 2.45) is 0 Å². The molecule has 1 saturated carbocycles. The molecule has 4 nitrogen and oxygen atoms in total. The standard InChI is InChI=1S/C26H24N4/c1-6-17-7-2-11-20-23(17)19(10-1)27-25(28-20)14-5-15-26(16-25)29-21-12-3-8-18-9-4-13-22(30-26)24(18)21/h1-4,6-13,27-30H,5,14-16H2. The van der Waals surface area contributed by atoms with Gasteiger partial charge in [-0.25, -0.2) is 0 Å². The fourth-order valence-corrected chi connectivity index (χ4v) is 6.00.